The zero-order chi connectivity index (χ0) is 9.97. The number of hydrogen-bond acceptors (Lipinski definition) is 1. The monoisotopic (exact) mass is 206 g/mol. The van der Waals surface area contributed by atoms with Crippen molar-refractivity contribution in [3.8, 4) is 5.75 Å². The molecular weight excluding hydrogens is 196 g/mol. The molecule has 0 saturated carbocycles. The predicted octanol–water partition coefficient (Wildman–Crippen LogP) is 3.59. The molecule has 1 nitrogen and oxygen atoms in total. The molecule has 0 atom stereocenters. The van der Waals surface area contributed by atoms with Gasteiger partial charge in [-0.05, 0) is 17.0 Å². The van der Waals surface area contributed by atoms with Crippen molar-refractivity contribution in [2.24, 2.45) is 0 Å². The van der Waals surface area contributed by atoms with Crippen molar-refractivity contribution in [1.82, 2.24) is 0 Å². The Morgan fingerprint density at radius 3 is 2.50 bits per heavy atom. The number of benzene rings is 2. The second kappa shape index (κ2) is 3.89. The van der Waals surface area contributed by atoms with Gasteiger partial charge in [0.2, 0.25) is 0 Å². The third-order valence-corrected chi connectivity index (χ3v) is 2.60. The van der Waals surface area contributed by atoms with E-state index in [1.165, 1.54) is 5.39 Å². The largest absolute Gasteiger partial charge is 0.496 e. The van der Waals surface area contributed by atoms with Gasteiger partial charge in [0, 0.05) is 11.3 Å². The number of fused-ring (bicyclic) bond motifs is 1. The molecule has 2 aromatic carbocycles. The van der Waals surface area contributed by atoms with E-state index in [4.69, 9.17) is 16.3 Å². The van der Waals surface area contributed by atoms with Crippen LogP contribution < -0.4 is 4.74 Å². The molecule has 0 aromatic heterocycles. The van der Waals surface area contributed by atoms with Crippen molar-refractivity contribution in [2.45, 2.75) is 5.88 Å². The first-order valence-electron chi connectivity index (χ1n) is 4.47. The van der Waals surface area contributed by atoms with Crippen LogP contribution in [0, 0.1) is 0 Å². The Bertz CT molecular complexity index is 412. The van der Waals surface area contributed by atoms with E-state index >= 15 is 0 Å². The molecule has 14 heavy (non-hydrogen) atoms. The molecule has 0 spiro atoms. The Kier molecular flexibility index (Phi) is 2.60. The van der Waals surface area contributed by atoms with Gasteiger partial charge in [-0.3, -0.25) is 0 Å². The molecular formula is C12H11ClO. The fourth-order valence-corrected chi connectivity index (χ4v) is 1.89. The molecule has 0 heterocycles. The van der Waals surface area contributed by atoms with Gasteiger partial charge in [-0.2, -0.15) is 0 Å². The van der Waals surface area contributed by atoms with Crippen molar-refractivity contribution in [1.29, 1.82) is 0 Å². The maximum atomic E-state index is 5.88. The highest BCUT2D eigenvalue weighted by Crippen LogP contribution is 2.29. The topological polar surface area (TPSA) is 9.23 Å². The number of halogens is 1. The van der Waals surface area contributed by atoms with Gasteiger partial charge in [-0.15, -0.1) is 11.6 Å². The van der Waals surface area contributed by atoms with E-state index in [0.29, 0.717) is 5.88 Å². The Labute approximate surface area is 88.3 Å². The van der Waals surface area contributed by atoms with Crippen molar-refractivity contribution in [2.75, 3.05) is 7.11 Å². The van der Waals surface area contributed by atoms with E-state index in [0.717, 1.165) is 16.7 Å². The number of rotatable bonds is 2. The minimum absolute atomic E-state index is 0.512. The average molecular weight is 207 g/mol. The van der Waals surface area contributed by atoms with Crippen LogP contribution >= 0.6 is 11.6 Å². The van der Waals surface area contributed by atoms with Crippen LogP contribution in [0.4, 0.5) is 0 Å². The lowest BCUT2D eigenvalue weighted by molar-refractivity contribution is 0.419. The van der Waals surface area contributed by atoms with Gasteiger partial charge in [-0.1, -0.05) is 30.3 Å². The van der Waals surface area contributed by atoms with Gasteiger partial charge < -0.3 is 4.74 Å². The van der Waals surface area contributed by atoms with Crippen molar-refractivity contribution in [3.05, 3.63) is 42.0 Å². The number of methoxy groups -OCH3 is 1. The van der Waals surface area contributed by atoms with Crippen LogP contribution in [0.1, 0.15) is 5.56 Å². The second-order valence-corrected chi connectivity index (χ2v) is 3.38. The van der Waals surface area contributed by atoms with E-state index in [1.807, 2.05) is 24.3 Å². The van der Waals surface area contributed by atoms with Crippen LogP contribution in [-0.4, -0.2) is 7.11 Å². The van der Waals surface area contributed by atoms with Gasteiger partial charge in [0.05, 0.1) is 7.11 Å². The molecule has 0 bridgehead atoms. The smallest absolute Gasteiger partial charge is 0.127 e. The number of ether oxygens (including phenoxy) is 1. The summed E-state index contributed by atoms with van der Waals surface area (Å²) in [4.78, 5) is 0. The summed E-state index contributed by atoms with van der Waals surface area (Å²) in [6, 6.07) is 12.1. The summed E-state index contributed by atoms with van der Waals surface area (Å²) in [6.45, 7) is 0. The molecule has 0 saturated heterocycles. The maximum absolute atomic E-state index is 5.88. The van der Waals surface area contributed by atoms with E-state index in [9.17, 15) is 0 Å². The SMILES string of the molecule is COc1cccc2cccc(CCl)c12. The fraction of sp³-hybridized carbons (Fsp3) is 0.167. The summed E-state index contributed by atoms with van der Waals surface area (Å²) in [7, 11) is 1.68. The zero-order valence-electron chi connectivity index (χ0n) is 7.96. The summed E-state index contributed by atoms with van der Waals surface area (Å²) in [6.07, 6.45) is 0. The van der Waals surface area contributed by atoms with Gasteiger partial charge >= 0.3 is 0 Å². The van der Waals surface area contributed by atoms with Gasteiger partial charge in [0.15, 0.2) is 0 Å². The Balaban J connectivity index is 2.81. The highest BCUT2D eigenvalue weighted by molar-refractivity contribution is 6.18. The first-order valence-corrected chi connectivity index (χ1v) is 5.01. The first-order chi connectivity index (χ1) is 6.86. The molecule has 72 valence electrons. The normalized spacial score (nSPS) is 10.4. The minimum atomic E-state index is 0.512. The van der Waals surface area contributed by atoms with Crippen molar-refractivity contribution in [3.63, 3.8) is 0 Å². The van der Waals surface area contributed by atoms with Gasteiger partial charge in [0.25, 0.3) is 0 Å². The number of hydrogen-bond donors (Lipinski definition) is 0. The highest BCUT2D eigenvalue weighted by atomic mass is 35.5. The average Bonchev–Trinajstić information content (AvgIpc) is 2.27. The molecule has 0 aliphatic rings. The molecule has 0 fully saturated rings. The first kappa shape index (κ1) is 9.35. The van der Waals surface area contributed by atoms with Gasteiger partial charge in [0.1, 0.15) is 5.75 Å². The van der Waals surface area contributed by atoms with Crippen LogP contribution in [-0.2, 0) is 5.88 Å². The van der Waals surface area contributed by atoms with E-state index in [1.54, 1.807) is 7.11 Å². The number of alkyl halides is 1. The van der Waals surface area contributed by atoms with Crippen LogP contribution in [0.3, 0.4) is 0 Å². The summed E-state index contributed by atoms with van der Waals surface area (Å²) >= 11 is 5.88. The third kappa shape index (κ3) is 1.44. The lowest BCUT2D eigenvalue weighted by atomic mass is 10.0. The Morgan fingerprint density at radius 2 is 1.86 bits per heavy atom. The van der Waals surface area contributed by atoms with Crippen molar-refractivity contribution >= 4 is 22.4 Å². The minimum Gasteiger partial charge on any atom is -0.496 e. The molecule has 0 amide bonds. The molecule has 2 aromatic rings. The molecule has 2 heteroatoms. The lowest BCUT2D eigenvalue weighted by Crippen LogP contribution is -1.88. The summed E-state index contributed by atoms with van der Waals surface area (Å²) in [5.74, 6) is 1.40. The van der Waals surface area contributed by atoms with Crippen LogP contribution in [0.2, 0.25) is 0 Å². The fourth-order valence-electron chi connectivity index (χ4n) is 1.66. The second-order valence-electron chi connectivity index (χ2n) is 3.11. The highest BCUT2D eigenvalue weighted by Gasteiger charge is 2.04. The predicted molar refractivity (Wildman–Crippen MR) is 60.1 cm³/mol. The zero-order valence-corrected chi connectivity index (χ0v) is 8.71. The summed E-state index contributed by atoms with van der Waals surface area (Å²) in [5, 5.41) is 2.29. The molecule has 0 unspecified atom stereocenters. The van der Waals surface area contributed by atoms with Crippen LogP contribution in [0.25, 0.3) is 10.8 Å². The molecule has 0 aliphatic carbocycles. The standard InChI is InChI=1S/C12H11ClO/c1-14-11-7-3-5-9-4-2-6-10(8-13)12(9)11/h2-7H,8H2,1H3. The van der Waals surface area contributed by atoms with Crippen molar-refractivity contribution < 1.29 is 4.74 Å². The molecule has 0 radical (unpaired) electrons. The summed E-state index contributed by atoms with van der Waals surface area (Å²) < 4.78 is 5.31. The summed E-state index contributed by atoms with van der Waals surface area (Å²) in [5.41, 5.74) is 1.11. The van der Waals surface area contributed by atoms with Crippen LogP contribution in [0.5, 0.6) is 5.75 Å². The third-order valence-electron chi connectivity index (χ3n) is 2.32. The van der Waals surface area contributed by atoms with Crippen LogP contribution in [0.15, 0.2) is 36.4 Å². The molecule has 2 rings (SSSR count). The Morgan fingerprint density at radius 1 is 1.14 bits per heavy atom. The van der Waals surface area contributed by atoms with E-state index < -0.39 is 0 Å². The molecule has 0 aliphatic heterocycles. The quantitative estimate of drug-likeness (QED) is 0.683. The lowest BCUT2D eigenvalue weighted by Gasteiger charge is -2.08. The van der Waals surface area contributed by atoms with E-state index in [2.05, 4.69) is 12.1 Å². The Hall–Kier alpha value is -1.21. The molecule has 0 N–H and O–H groups in total. The van der Waals surface area contributed by atoms with Gasteiger partial charge in [-0.25, -0.2) is 0 Å². The van der Waals surface area contributed by atoms with E-state index in [-0.39, 0.29) is 0 Å². The maximum Gasteiger partial charge on any atom is 0.127 e.